The van der Waals surface area contributed by atoms with Crippen molar-refractivity contribution in [2.24, 2.45) is 0 Å². The summed E-state index contributed by atoms with van der Waals surface area (Å²) in [5, 5.41) is 0. The number of piperazine rings is 2. The van der Waals surface area contributed by atoms with Gasteiger partial charge in [-0.3, -0.25) is 19.5 Å². The van der Waals surface area contributed by atoms with Crippen molar-refractivity contribution >= 4 is 5.91 Å². The Hall–Kier alpha value is -2.21. The summed E-state index contributed by atoms with van der Waals surface area (Å²) in [7, 11) is 0. The number of amides is 1. The van der Waals surface area contributed by atoms with Gasteiger partial charge in [0.15, 0.2) is 0 Å². The van der Waals surface area contributed by atoms with Crippen LogP contribution in [0.25, 0.3) is 0 Å². The van der Waals surface area contributed by atoms with Gasteiger partial charge in [-0.05, 0) is 18.1 Å². The second kappa shape index (κ2) is 10.2. The normalized spacial score (nSPS) is 20.2. The molecule has 2 saturated heterocycles. The summed E-state index contributed by atoms with van der Waals surface area (Å²) in [5.74, 6) is 0.297. The van der Waals surface area contributed by atoms with Gasteiger partial charge in [0.2, 0.25) is 5.91 Å². The lowest BCUT2D eigenvalue weighted by Gasteiger charge is -2.41. The minimum Gasteiger partial charge on any atom is -0.339 e. The molecule has 0 saturated carbocycles. The zero-order chi connectivity index (χ0) is 20.8. The quantitative estimate of drug-likeness (QED) is 0.738. The molecule has 5 heteroatoms. The van der Waals surface area contributed by atoms with Crippen molar-refractivity contribution in [1.29, 1.82) is 0 Å². The molecule has 0 N–H and O–H groups in total. The average molecular weight is 407 g/mol. The van der Waals surface area contributed by atoms with E-state index in [1.807, 2.05) is 0 Å². The summed E-state index contributed by atoms with van der Waals surface area (Å²) in [5.41, 5.74) is 2.71. The van der Waals surface area contributed by atoms with Crippen LogP contribution in [0.2, 0.25) is 0 Å². The maximum absolute atomic E-state index is 13.1. The molecule has 5 nitrogen and oxygen atoms in total. The molecule has 4 rings (SSSR count). The monoisotopic (exact) mass is 406 g/mol. The van der Waals surface area contributed by atoms with E-state index in [0.717, 1.165) is 65.4 Å². The smallest absolute Gasteiger partial charge is 0.239 e. The van der Waals surface area contributed by atoms with Crippen LogP contribution in [0.1, 0.15) is 18.1 Å². The highest BCUT2D eigenvalue weighted by Gasteiger charge is 2.30. The van der Waals surface area contributed by atoms with Gasteiger partial charge < -0.3 is 4.90 Å². The van der Waals surface area contributed by atoms with Crippen molar-refractivity contribution in [2.45, 2.75) is 26.1 Å². The van der Waals surface area contributed by atoms with Gasteiger partial charge in [-0.2, -0.15) is 0 Å². The van der Waals surface area contributed by atoms with Crippen LogP contribution in [0.3, 0.4) is 0 Å². The van der Waals surface area contributed by atoms with Gasteiger partial charge >= 0.3 is 0 Å². The Morgan fingerprint density at radius 1 is 0.700 bits per heavy atom. The molecule has 2 aliphatic heterocycles. The first-order valence-corrected chi connectivity index (χ1v) is 11.2. The fourth-order valence-electron chi connectivity index (χ4n) is 4.54. The predicted octanol–water partition coefficient (Wildman–Crippen LogP) is 2.54. The van der Waals surface area contributed by atoms with Crippen LogP contribution in [0.5, 0.6) is 0 Å². The van der Waals surface area contributed by atoms with Crippen molar-refractivity contribution in [1.82, 2.24) is 19.6 Å². The molecule has 0 aliphatic carbocycles. The third-order valence-electron chi connectivity index (χ3n) is 6.49. The summed E-state index contributed by atoms with van der Waals surface area (Å²) in [6.07, 6.45) is 0. The van der Waals surface area contributed by atoms with E-state index in [1.54, 1.807) is 0 Å². The van der Waals surface area contributed by atoms with E-state index in [4.69, 9.17) is 0 Å². The Morgan fingerprint density at radius 2 is 1.13 bits per heavy atom. The molecular weight excluding hydrogens is 372 g/mol. The second-order valence-corrected chi connectivity index (χ2v) is 8.56. The molecule has 2 aromatic rings. The Kier molecular flexibility index (Phi) is 7.16. The predicted molar refractivity (Wildman–Crippen MR) is 121 cm³/mol. The van der Waals surface area contributed by atoms with Crippen molar-refractivity contribution in [3.63, 3.8) is 0 Å². The van der Waals surface area contributed by atoms with E-state index >= 15 is 0 Å². The summed E-state index contributed by atoms with van der Waals surface area (Å²) in [6, 6.07) is 21.2. The van der Waals surface area contributed by atoms with Crippen LogP contribution in [0.4, 0.5) is 0 Å². The highest BCUT2D eigenvalue weighted by atomic mass is 16.2. The maximum Gasteiger partial charge on any atom is 0.239 e. The van der Waals surface area contributed by atoms with Crippen molar-refractivity contribution in [2.75, 3.05) is 52.4 Å². The fourth-order valence-corrected chi connectivity index (χ4v) is 4.54. The van der Waals surface area contributed by atoms with Gasteiger partial charge in [-0.25, -0.2) is 0 Å². The van der Waals surface area contributed by atoms with E-state index in [1.165, 1.54) is 11.1 Å². The topological polar surface area (TPSA) is 30.0 Å². The van der Waals surface area contributed by atoms with E-state index in [2.05, 4.69) is 87.2 Å². The summed E-state index contributed by atoms with van der Waals surface area (Å²) in [6.45, 7) is 11.6. The number of hydrogen-bond donors (Lipinski definition) is 0. The Balaban J connectivity index is 1.21. The minimum absolute atomic E-state index is 0.0236. The lowest BCUT2D eigenvalue weighted by atomic mass is 10.1. The fraction of sp³-hybridized carbons (Fsp3) is 0.480. The van der Waals surface area contributed by atoms with Crippen LogP contribution in [-0.4, -0.2) is 83.9 Å². The van der Waals surface area contributed by atoms with Gasteiger partial charge in [-0.1, -0.05) is 60.7 Å². The molecule has 0 spiro atoms. The van der Waals surface area contributed by atoms with E-state index in [9.17, 15) is 4.79 Å². The summed E-state index contributed by atoms with van der Waals surface area (Å²) < 4.78 is 0. The molecule has 1 amide bonds. The van der Waals surface area contributed by atoms with Crippen LogP contribution in [0, 0.1) is 0 Å². The lowest BCUT2D eigenvalue weighted by Crippen LogP contribution is -2.57. The maximum atomic E-state index is 13.1. The molecule has 1 atom stereocenters. The number of nitrogens with zero attached hydrogens (tertiary/aromatic N) is 4. The van der Waals surface area contributed by atoms with Crippen molar-refractivity contribution < 1.29 is 4.79 Å². The molecule has 30 heavy (non-hydrogen) atoms. The molecule has 0 aromatic heterocycles. The van der Waals surface area contributed by atoms with Crippen LogP contribution < -0.4 is 0 Å². The highest BCUT2D eigenvalue weighted by molar-refractivity contribution is 5.81. The Bertz CT molecular complexity index is 781. The summed E-state index contributed by atoms with van der Waals surface area (Å²) >= 11 is 0. The zero-order valence-electron chi connectivity index (χ0n) is 18.1. The standard InChI is InChI=1S/C25H34N4O/c1-22(28-16-12-26(13-17-28)20-23-8-4-2-5-9-23)25(30)29-18-14-27(15-19-29)21-24-10-6-3-7-11-24/h2-11,22H,12-21H2,1H3/t22-/m0/s1. The summed E-state index contributed by atoms with van der Waals surface area (Å²) in [4.78, 5) is 22.5. The van der Waals surface area contributed by atoms with Crippen molar-refractivity contribution in [3.05, 3.63) is 71.8 Å². The van der Waals surface area contributed by atoms with Crippen LogP contribution >= 0.6 is 0 Å². The third kappa shape index (κ3) is 5.48. The number of carbonyl (C=O) groups is 1. The largest absolute Gasteiger partial charge is 0.339 e. The van der Waals surface area contributed by atoms with Gasteiger partial charge in [-0.15, -0.1) is 0 Å². The number of carbonyl (C=O) groups excluding carboxylic acids is 1. The lowest BCUT2D eigenvalue weighted by molar-refractivity contribution is -0.139. The third-order valence-corrected chi connectivity index (χ3v) is 6.49. The molecule has 0 unspecified atom stereocenters. The Morgan fingerprint density at radius 3 is 1.60 bits per heavy atom. The van der Waals surface area contributed by atoms with E-state index < -0.39 is 0 Å². The molecule has 2 heterocycles. The second-order valence-electron chi connectivity index (χ2n) is 8.56. The van der Waals surface area contributed by atoms with Gasteiger partial charge in [0.1, 0.15) is 0 Å². The first-order valence-electron chi connectivity index (χ1n) is 11.2. The first kappa shape index (κ1) is 21.0. The minimum atomic E-state index is -0.0236. The van der Waals surface area contributed by atoms with Gasteiger partial charge in [0, 0.05) is 65.4 Å². The molecule has 2 fully saturated rings. The molecular formula is C25H34N4O. The van der Waals surface area contributed by atoms with E-state index in [0.29, 0.717) is 5.91 Å². The molecule has 160 valence electrons. The van der Waals surface area contributed by atoms with Gasteiger partial charge in [0.05, 0.1) is 6.04 Å². The number of hydrogen-bond acceptors (Lipinski definition) is 4. The molecule has 0 bridgehead atoms. The number of benzene rings is 2. The Labute approximate surface area is 180 Å². The van der Waals surface area contributed by atoms with Crippen molar-refractivity contribution in [3.8, 4) is 0 Å². The molecule has 2 aliphatic rings. The zero-order valence-corrected chi connectivity index (χ0v) is 18.1. The first-order chi connectivity index (χ1) is 14.7. The highest BCUT2D eigenvalue weighted by Crippen LogP contribution is 2.14. The van der Waals surface area contributed by atoms with Gasteiger partial charge in [0.25, 0.3) is 0 Å². The average Bonchev–Trinajstić information content (AvgIpc) is 2.80. The van der Waals surface area contributed by atoms with E-state index in [-0.39, 0.29) is 6.04 Å². The number of rotatable bonds is 6. The van der Waals surface area contributed by atoms with Crippen LogP contribution in [0.15, 0.2) is 60.7 Å². The molecule has 0 radical (unpaired) electrons. The SMILES string of the molecule is C[C@@H](C(=O)N1CCN(Cc2ccccc2)CC1)N1CCN(Cc2ccccc2)CC1. The molecule has 2 aromatic carbocycles. The van der Waals surface area contributed by atoms with Crippen LogP contribution in [-0.2, 0) is 17.9 Å².